The summed E-state index contributed by atoms with van der Waals surface area (Å²) in [5.41, 5.74) is 2.43. The van der Waals surface area contributed by atoms with Gasteiger partial charge in [-0.2, -0.15) is 0 Å². The van der Waals surface area contributed by atoms with E-state index in [-0.39, 0.29) is 11.5 Å². The molecule has 5 nitrogen and oxygen atoms in total. The maximum atomic E-state index is 13.3. The summed E-state index contributed by atoms with van der Waals surface area (Å²) >= 11 is 0. The van der Waals surface area contributed by atoms with Crippen LogP contribution in [0.5, 0.6) is 11.5 Å². The quantitative estimate of drug-likeness (QED) is 0.836. The Morgan fingerprint density at radius 1 is 1.12 bits per heavy atom. The maximum Gasteiger partial charge on any atom is 0.255 e. The summed E-state index contributed by atoms with van der Waals surface area (Å²) in [7, 11) is 0. The lowest BCUT2D eigenvalue weighted by Gasteiger charge is -2.29. The fourth-order valence-electron chi connectivity index (χ4n) is 2.99. The van der Waals surface area contributed by atoms with Crippen LogP contribution in [0.25, 0.3) is 0 Å². The molecule has 25 heavy (non-hydrogen) atoms. The molecule has 3 rings (SSSR count). The van der Waals surface area contributed by atoms with E-state index in [0.717, 1.165) is 29.5 Å². The molecule has 6 heteroatoms. The number of benzene rings is 1. The van der Waals surface area contributed by atoms with Gasteiger partial charge in [0.25, 0.3) is 5.91 Å². The molecule has 1 aromatic carbocycles. The van der Waals surface area contributed by atoms with Crippen LogP contribution in [0.4, 0.5) is 4.39 Å². The Balaban J connectivity index is 1.85. The van der Waals surface area contributed by atoms with E-state index in [4.69, 9.17) is 9.47 Å². The SMILES string of the molecule is CCOc1cc2c(cc1OCC)CN(C(=O)c1cncc(F)c1)CC2. The summed E-state index contributed by atoms with van der Waals surface area (Å²) in [6, 6.07) is 5.15. The van der Waals surface area contributed by atoms with E-state index >= 15 is 0 Å². The summed E-state index contributed by atoms with van der Waals surface area (Å²) in [6.45, 7) is 5.98. The van der Waals surface area contributed by atoms with Gasteiger partial charge in [0.2, 0.25) is 0 Å². The molecule has 0 unspecified atom stereocenters. The minimum Gasteiger partial charge on any atom is -0.490 e. The Bertz CT molecular complexity index is 779. The van der Waals surface area contributed by atoms with E-state index in [1.807, 2.05) is 26.0 Å². The fourth-order valence-corrected chi connectivity index (χ4v) is 2.99. The van der Waals surface area contributed by atoms with Gasteiger partial charge in [0.15, 0.2) is 11.5 Å². The first-order chi connectivity index (χ1) is 12.1. The van der Waals surface area contributed by atoms with Crippen molar-refractivity contribution in [3.05, 3.63) is 53.1 Å². The minimum absolute atomic E-state index is 0.218. The number of pyridine rings is 1. The van der Waals surface area contributed by atoms with Crippen molar-refractivity contribution in [2.75, 3.05) is 19.8 Å². The van der Waals surface area contributed by atoms with Crippen molar-refractivity contribution in [2.24, 2.45) is 0 Å². The van der Waals surface area contributed by atoms with Crippen LogP contribution in [-0.2, 0) is 13.0 Å². The van der Waals surface area contributed by atoms with Gasteiger partial charge in [-0.25, -0.2) is 4.39 Å². The molecule has 1 aromatic heterocycles. The first kappa shape index (κ1) is 17.2. The molecule has 0 saturated heterocycles. The predicted octanol–water partition coefficient (Wildman–Crippen LogP) is 3.22. The van der Waals surface area contributed by atoms with Gasteiger partial charge < -0.3 is 14.4 Å². The number of hydrogen-bond acceptors (Lipinski definition) is 4. The van der Waals surface area contributed by atoms with Crippen LogP contribution in [0.2, 0.25) is 0 Å². The molecule has 1 aliphatic rings. The Kier molecular flexibility index (Phi) is 5.16. The molecule has 0 fully saturated rings. The molecular formula is C19H21FN2O3. The molecule has 0 atom stereocenters. The zero-order chi connectivity index (χ0) is 17.8. The number of hydrogen-bond donors (Lipinski definition) is 0. The number of carbonyl (C=O) groups excluding carboxylic acids is 1. The number of fused-ring (bicyclic) bond motifs is 1. The van der Waals surface area contributed by atoms with Crippen LogP contribution in [-0.4, -0.2) is 35.5 Å². The van der Waals surface area contributed by atoms with Gasteiger partial charge in [0.1, 0.15) is 5.82 Å². The molecule has 0 N–H and O–H groups in total. The zero-order valence-electron chi connectivity index (χ0n) is 14.4. The largest absolute Gasteiger partial charge is 0.490 e. The Morgan fingerprint density at radius 2 is 1.80 bits per heavy atom. The highest BCUT2D eigenvalue weighted by atomic mass is 19.1. The molecule has 0 spiro atoms. The number of aromatic nitrogens is 1. The van der Waals surface area contributed by atoms with E-state index in [2.05, 4.69) is 4.98 Å². The molecule has 2 heterocycles. The number of carbonyl (C=O) groups is 1. The maximum absolute atomic E-state index is 13.3. The number of nitrogens with zero attached hydrogens (tertiary/aromatic N) is 2. The second-order valence-corrected chi connectivity index (χ2v) is 5.80. The van der Waals surface area contributed by atoms with Gasteiger partial charge in [0.05, 0.1) is 25.0 Å². The molecule has 1 aliphatic heterocycles. The van der Waals surface area contributed by atoms with E-state index in [9.17, 15) is 9.18 Å². The van der Waals surface area contributed by atoms with Crippen LogP contribution in [0.15, 0.2) is 30.6 Å². The molecule has 2 aromatic rings. The van der Waals surface area contributed by atoms with Gasteiger partial charge in [-0.3, -0.25) is 9.78 Å². The average Bonchev–Trinajstić information content (AvgIpc) is 2.61. The van der Waals surface area contributed by atoms with Crippen molar-refractivity contribution in [1.82, 2.24) is 9.88 Å². The molecule has 0 aliphatic carbocycles. The van der Waals surface area contributed by atoms with Gasteiger partial charge in [-0.15, -0.1) is 0 Å². The molecule has 1 amide bonds. The molecule has 0 radical (unpaired) electrons. The van der Waals surface area contributed by atoms with E-state index in [1.54, 1.807) is 4.90 Å². The van der Waals surface area contributed by atoms with Crippen LogP contribution < -0.4 is 9.47 Å². The van der Waals surface area contributed by atoms with Crippen molar-refractivity contribution in [3.63, 3.8) is 0 Å². The second-order valence-electron chi connectivity index (χ2n) is 5.80. The average molecular weight is 344 g/mol. The third-order valence-electron chi connectivity index (χ3n) is 4.12. The van der Waals surface area contributed by atoms with Crippen molar-refractivity contribution < 1.29 is 18.7 Å². The van der Waals surface area contributed by atoms with E-state index in [0.29, 0.717) is 32.1 Å². The highest BCUT2D eigenvalue weighted by molar-refractivity contribution is 5.94. The number of ether oxygens (including phenoxy) is 2. The summed E-state index contributed by atoms with van der Waals surface area (Å²) in [5, 5.41) is 0. The van der Waals surface area contributed by atoms with Gasteiger partial charge in [-0.1, -0.05) is 0 Å². The van der Waals surface area contributed by atoms with Crippen molar-refractivity contribution >= 4 is 5.91 Å². The first-order valence-corrected chi connectivity index (χ1v) is 8.43. The Morgan fingerprint density at radius 3 is 2.44 bits per heavy atom. The van der Waals surface area contributed by atoms with Crippen LogP contribution in [0, 0.1) is 5.82 Å². The van der Waals surface area contributed by atoms with Gasteiger partial charge in [-0.05, 0) is 49.6 Å². The number of halogens is 1. The second kappa shape index (κ2) is 7.51. The Hall–Kier alpha value is -2.63. The third kappa shape index (κ3) is 3.73. The molecule has 0 saturated carbocycles. The summed E-state index contributed by atoms with van der Waals surface area (Å²) in [4.78, 5) is 18.1. The predicted molar refractivity (Wildman–Crippen MR) is 91.4 cm³/mol. The normalized spacial score (nSPS) is 13.3. The zero-order valence-corrected chi connectivity index (χ0v) is 14.4. The highest BCUT2D eigenvalue weighted by Crippen LogP contribution is 2.34. The van der Waals surface area contributed by atoms with E-state index < -0.39 is 5.82 Å². The van der Waals surface area contributed by atoms with Gasteiger partial charge in [0, 0.05) is 19.3 Å². The fraction of sp³-hybridized carbons (Fsp3) is 0.368. The summed E-state index contributed by atoms with van der Waals surface area (Å²) in [5.74, 6) is 0.690. The highest BCUT2D eigenvalue weighted by Gasteiger charge is 2.24. The third-order valence-corrected chi connectivity index (χ3v) is 4.12. The Labute approximate surface area is 146 Å². The minimum atomic E-state index is -0.511. The van der Waals surface area contributed by atoms with Crippen molar-refractivity contribution in [1.29, 1.82) is 0 Å². The van der Waals surface area contributed by atoms with Gasteiger partial charge >= 0.3 is 0 Å². The van der Waals surface area contributed by atoms with Crippen molar-refractivity contribution in [3.8, 4) is 11.5 Å². The van der Waals surface area contributed by atoms with Crippen molar-refractivity contribution in [2.45, 2.75) is 26.8 Å². The van der Waals surface area contributed by atoms with Crippen LogP contribution in [0.1, 0.15) is 35.3 Å². The van der Waals surface area contributed by atoms with Crippen LogP contribution >= 0.6 is 0 Å². The number of rotatable bonds is 5. The first-order valence-electron chi connectivity index (χ1n) is 8.43. The number of amides is 1. The lowest BCUT2D eigenvalue weighted by molar-refractivity contribution is 0.0733. The molecule has 0 bridgehead atoms. The monoisotopic (exact) mass is 344 g/mol. The molecule has 132 valence electrons. The van der Waals surface area contributed by atoms with Crippen LogP contribution in [0.3, 0.4) is 0 Å². The topological polar surface area (TPSA) is 51.7 Å². The lowest BCUT2D eigenvalue weighted by atomic mass is 9.98. The van der Waals surface area contributed by atoms with E-state index in [1.165, 1.54) is 12.3 Å². The summed E-state index contributed by atoms with van der Waals surface area (Å²) < 4.78 is 24.6. The smallest absolute Gasteiger partial charge is 0.255 e. The standard InChI is InChI=1S/C19H21FN2O3/c1-3-24-17-8-13-5-6-22(12-15(13)9-18(17)25-4-2)19(23)14-7-16(20)11-21-10-14/h7-11H,3-6,12H2,1-2H3. The molecular weight excluding hydrogens is 323 g/mol. The summed E-state index contributed by atoms with van der Waals surface area (Å²) in [6.07, 6.45) is 3.20. The lowest BCUT2D eigenvalue weighted by Crippen LogP contribution is -2.36.